The Kier molecular flexibility index (Phi) is 6.70. The quantitative estimate of drug-likeness (QED) is 0.193. The van der Waals surface area contributed by atoms with Crippen molar-refractivity contribution in [2.45, 2.75) is 6.42 Å². The lowest BCUT2D eigenvalue weighted by atomic mass is 9.93. The van der Waals surface area contributed by atoms with Crippen molar-refractivity contribution in [1.29, 1.82) is 15.8 Å². The summed E-state index contributed by atoms with van der Waals surface area (Å²) >= 11 is 0. The summed E-state index contributed by atoms with van der Waals surface area (Å²) in [5, 5.41) is 33.6. The third-order valence-corrected chi connectivity index (χ3v) is 9.94. The van der Waals surface area contributed by atoms with E-state index < -0.39 is 0 Å². The summed E-state index contributed by atoms with van der Waals surface area (Å²) in [6.45, 7) is 0. The zero-order valence-corrected chi connectivity index (χ0v) is 26.9. The number of hydrogen-bond acceptors (Lipinski definition) is 3. The van der Waals surface area contributed by atoms with Crippen molar-refractivity contribution in [3.05, 3.63) is 162 Å². The van der Waals surface area contributed by atoms with E-state index in [2.05, 4.69) is 112 Å². The van der Waals surface area contributed by atoms with Crippen molar-refractivity contribution in [3.8, 4) is 51.8 Å². The Labute approximate surface area is 289 Å². The maximum absolute atomic E-state index is 10.3. The molecule has 50 heavy (non-hydrogen) atoms. The second-order valence-electron chi connectivity index (χ2n) is 12.6. The standard InChI is InChI=1S/C45H27N5/c46-26-29-16-23-43-39(24-29)38-11-3-4-13-40(38)49(43)44-25-32(21-22-33(44)27-47)30-17-19-31(20-18-30)35-12-7-8-34(28-48)45(35)50-41-14-5-1-9-36(41)37-10-2-6-15-42(37)50/h1-23,25,29H,24H2. The lowest BCUT2D eigenvalue weighted by Gasteiger charge is -2.17. The van der Waals surface area contributed by atoms with E-state index in [4.69, 9.17) is 0 Å². The average Bonchev–Trinajstić information content (AvgIpc) is 3.69. The van der Waals surface area contributed by atoms with Crippen molar-refractivity contribution in [2.75, 3.05) is 0 Å². The molecule has 0 bridgehead atoms. The van der Waals surface area contributed by atoms with Crippen molar-refractivity contribution < 1.29 is 0 Å². The van der Waals surface area contributed by atoms with Crippen LogP contribution in [0, 0.1) is 39.9 Å². The fourth-order valence-corrected chi connectivity index (χ4v) is 7.66. The lowest BCUT2D eigenvalue weighted by Crippen LogP contribution is -2.07. The second kappa shape index (κ2) is 11.5. The van der Waals surface area contributed by atoms with E-state index in [1.54, 1.807) is 0 Å². The first kappa shape index (κ1) is 29.0. The van der Waals surface area contributed by atoms with Crippen LogP contribution in [-0.4, -0.2) is 9.13 Å². The Morgan fingerprint density at radius 3 is 1.80 bits per heavy atom. The molecular weight excluding hydrogens is 611 g/mol. The summed E-state index contributed by atoms with van der Waals surface area (Å²) in [6.07, 6.45) is 4.63. The van der Waals surface area contributed by atoms with Gasteiger partial charge >= 0.3 is 0 Å². The molecule has 0 fully saturated rings. The van der Waals surface area contributed by atoms with Crippen LogP contribution in [0.3, 0.4) is 0 Å². The minimum atomic E-state index is -0.175. The van der Waals surface area contributed by atoms with Gasteiger partial charge in [0.2, 0.25) is 0 Å². The van der Waals surface area contributed by atoms with Crippen LogP contribution < -0.4 is 0 Å². The molecule has 1 aliphatic rings. The van der Waals surface area contributed by atoms with Crippen molar-refractivity contribution in [1.82, 2.24) is 9.13 Å². The highest BCUT2D eigenvalue weighted by Crippen LogP contribution is 2.40. The minimum absolute atomic E-state index is 0.175. The number of benzene rings is 6. The highest BCUT2D eigenvalue weighted by atomic mass is 15.0. The summed E-state index contributed by atoms with van der Waals surface area (Å²) in [7, 11) is 0. The third kappa shape index (κ3) is 4.37. The molecule has 0 saturated heterocycles. The topological polar surface area (TPSA) is 81.2 Å². The molecule has 0 spiro atoms. The molecule has 232 valence electrons. The number of hydrogen-bond donors (Lipinski definition) is 0. The van der Waals surface area contributed by atoms with Crippen molar-refractivity contribution >= 4 is 38.8 Å². The maximum Gasteiger partial charge on any atom is 0.101 e. The van der Waals surface area contributed by atoms with Crippen LogP contribution in [0.25, 0.3) is 72.4 Å². The van der Waals surface area contributed by atoms with Crippen molar-refractivity contribution in [3.63, 3.8) is 0 Å². The molecule has 1 atom stereocenters. The van der Waals surface area contributed by atoms with Crippen LogP contribution in [0.5, 0.6) is 0 Å². The van der Waals surface area contributed by atoms with Gasteiger partial charge < -0.3 is 9.13 Å². The molecule has 0 N–H and O–H groups in total. The Morgan fingerprint density at radius 1 is 0.540 bits per heavy atom. The second-order valence-corrected chi connectivity index (χ2v) is 12.6. The van der Waals surface area contributed by atoms with Gasteiger partial charge in [0.25, 0.3) is 0 Å². The smallest absolute Gasteiger partial charge is 0.101 e. The fourth-order valence-electron chi connectivity index (χ4n) is 7.66. The molecule has 5 nitrogen and oxygen atoms in total. The number of nitrogens with zero attached hydrogens (tertiary/aromatic N) is 5. The number of rotatable bonds is 4. The predicted octanol–water partition coefficient (Wildman–Crippen LogP) is 10.5. The third-order valence-electron chi connectivity index (χ3n) is 9.94. The van der Waals surface area contributed by atoms with E-state index >= 15 is 0 Å². The van der Waals surface area contributed by atoms with Gasteiger partial charge in [-0.2, -0.15) is 15.8 Å². The minimum Gasteiger partial charge on any atom is -0.308 e. The van der Waals surface area contributed by atoms with Crippen LogP contribution in [0.4, 0.5) is 0 Å². The molecule has 0 aliphatic heterocycles. The Balaban J connectivity index is 1.18. The van der Waals surface area contributed by atoms with Crippen LogP contribution in [0.1, 0.15) is 22.4 Å². The van der Waals surface area contributed by atoms with E-state index in [0.717, 1.165) is 77.6 Å². The summed E-state index contributed by atoms with van der Waals surface area (Å²) in [4.78, 5) is 0. The van der Waals surface area contributed by atoms with E-state index in [-0.39, 0.29) is 5.92 Å². The number of fused-ring (bicyclic) bond motifs is 6. The van der Waals surface area contributed by atoms with Gasteiger partial charge in [-0.3, -0.25) is 0 Å². The van der Waals surface area contributed by atoms with Crippen LogP contribution in [0.2, 0.25) is 0 Å². The fraction of sp³-hybridized carbons (Fsp3) is 0.0444. The van der Waals surface area contributed by atoms with Gasteiger partial charge in [0.05, 0.1) is 51.0 Å². The van der Waals surface area contributed by atoms with Crippen molar-refractivity contribution in [2.24, 2.45) is 5.92 Å². The molecule has 9 rings (SSSR count). The number of aromatic nitrogens is 2. The van der Waals surface area contributed by atoms with Gasteiger partial charge in [0.15, 0.2) is 0 Å². The maximum atomic E-state index is 10.3. The first-order valence-corrected chi connectivity index (χ1v) is 16.6. The van der Waals surface area contributed by atoms with E-state index in [0.29, 0.717) is 17.5 Å². The number of allylic oxidation sites excluding steroid dienone is 1. The molecule has 2 aromatic heterocycles. The molecule has 2 heterocycles. The van der Waals surface area contributed by atoms with Gasteiger partial charge in [0, 0.05) is 27.4 Å². The van der Waals surface area contributed by atoms with E-state index in [1.165, 1.54) is 0 Å². The molecule has 1 unspecified atom stereocenters. The molecule has 1 aliphatic carbocycles. The summed E-state index contributed by atoms with van der Waals surface area (Å²) < 4.78 is 4.38. The van der Waals surface area contributed by atoms with Gasteiger partial charge in [-0.15, -0.1) is 0 Å². The SMILES string of the molecule is N#Cc1ccc(-c2ccc(-c3cccc(C#N)c3-n3c4ccccc4c4ccccc43)cc2)cc1-n1c2c(c3ccccc31)CC(C#N)C=C2. The highest BCUT2D eigenvalue weighted by Gasteiger charge is 2.24. The van der Waals surface area contributed by atoms with Crippen LogP contribution in [0.15, 0.2) is 140 Å². The molecule has 5 heteroatoms. The number of para-hydroxylation sites is 4. The molecule has 0 saturated carbocycles. The lowest BCUT2D eigenvalue weighted by molar-refractivity contribution is 0.809. The first-order valence-electron chi connectivity index (χ1n) is 16.6. The molecule has 8 aromatic rings. The summed E-state index contributed by atoms with van der Waals surface area (Å²) in [5.74, 6) is -0.175. The van der Waals surface area contributed by atoms with Gasteiger partial charge in [-0.1, -0.05) is 103 Å². The van der Waals surface area contributed by atoms with Gasteiger partial charge in [-0.25, -0.2) is 0 Å². The monoisotopic (exact) mass is 637 g/mol. The van der Waals surface area contributed by atoms with Gasteiger partial charge in [0.1, 0.15) is 12.1 Å². The summed E-state index contributed by atoms with van der Waals surface area (Å²) in [6, 6.07) is 52.5. The molecule has 0 amide bonds. The first-order chi connectivity index (χ1) is 24.7. The summed E-state index contributed by atoms with van der Waals surface area (Å²) in [5.41, 5.74) is 12.1. The Bertz CT molecular complexity index is 2770. The Morgan fingerprint density at radius 2 is 1.14 bits per heavy atom. The van der Waals surface area contributed by atoms with Crippen LogP contribution in [-0.2, 0) is 6.42 Å². The molecular formula is C45H27N5. The zero-order chi connectivity index (χ0) is 33.8. The van der Waals surface area contributed by atoms with E-state index in [9.17, 15) is 15.8 Å². The van der Waals surface area contributed by atoms with Crippen LogP contribution >= 0.6 is 0 Å². The predicted molar refractivity (Wildman–Crippen MR) is 200 cm³/mol. The van der Waals surface area contributed by atoms with Gasteiger partial charge in [-0.05, 0) is 71.1 Å². The average molecular weight is 638 g/mol. The molecule has 6 aromatic carbocycles. The Hall–Kier alpha value is -7.13. The normalized spacial score (nSPS) is 13.6. The zero-order valence-electron chi connectivity index (χ0n) is 26.9. The van der Waals surface area contributed by atoms with E-state index in [1.807, 2.05) is 60.7 Å². The largest absolute Gasteiger partial charge is 0.308 e. The highest BCUT2D eigenvalue weighted by molar-refractivity contribution is 6.10. The number of nitriles is 3. The molecule has 0 radical (unpaired) electrons.